The number of aromatic amines is 1. The topological polar surface area (TPSA) is 70.9 Å². The van der Waals surface area contributed by atoms with Crippen molar-refractivity contribution in [2.24, 2.45) is 5.92 Å². The number of carbonyl (C=O) groups is 1. The molecule has 1 saturated carbocycles. The van der Waals surface area contributed by atoms with Gasteiger partial charge in [0, 0.05) is 23.1 Å². The first-order chi connectivity index (χ1) is 9.22. The van der Waals surface area contributed by atoms with Gasteiger partial charge in [-0.1, -0.05) is 12.8 Å². The minimum absolute atomic E-state index is 0.0262. The molecule has 1 aliphatic carbocycles. The zero-order chi connectivity index (χ0) is 13.2. The van der Waals surface area contributed by atoms with E-state index in [-0.39, 0.29) is 5.91 Å². The lowest BCUT2D eigenvalue weighted by atomic mass is 10.1. The van der Waals surface area contributed by atoms with Gasteiger partial charge in [-0.25, -0.2) is 0 Å². The number of anilines is 1. The van der Waals surface area contributed by atoms with E-state index >= 15 is 0 Å². The second-order valence-corrected chi connectivity index (χ2v) is 5.39. The van der Waals surface area contributed by atoms with Crippen LogP contribution in [0.15, 0.2) is 24.3 Å². The Morgan fingerprint density at radius 3 is 2.89 bits per heavy atom. The largest absolute Gasteiger partial charge is 0.399 e. The number of benzene rings is 1. The molecule has 4 nitrogen and oxygen atoms in total. The average molecular weight is 257 g/mol. The lowest BCUT2D eigenvalue weighted by Gasteiger charge is -2.09. The molecule has 0 radical (unpaired) electrons. The molecule has 0 aliphatic heterocycles. The lowest BCUT2D eigenvalue weighted by molar-refractivity contribution is 0.0943. The SMILES string of the molecule is Nc1ccc2[nH]c(C(=O)NCC3CCCC3)cc2c1. The summed E-state index contributed by atoms with van der Waals surface area (Å²) in [6.45, 7) is 0.788. The maximum absolute atomic E-state index is 12.1. The molecule has 1 amide bonds. The molecule has 0 atom stereocenters. The van der Waals surface area contributed by atoms with Gasteiger partial charge in [-0.15, -0.1) is 0 Å². The van der Waals surface area contributed by atoms with Crippen LogP contribution >= 0.6 is 0 Å². The Morgan fingerprint density at radius 1 is 1.32 bits per heavy atom. The molecule has 2 aromatic rings. The van der Waals surface area contributed by atoms with Gasteiger partial charge in [0.15, 0.2) is 0 Å². The van der Waals surface area contributed by atoms with Crippen molar-refractivity contribution in [2.45, 2.75) is 25.7 Å². The molecular weight excluding hydrogens is 238 g/mol. The van der Waals surface area contributed by atoms with E-state index in [2.05, 4.69) is 10.3 Å². The molecular formula is C15H19N3O. The molecule has 1 heterocycles. The monoisotopic (exact) mass is 257 g/mol. The van der Waals surface area contributed by atoms with Gasteiger partial charge < -0.3 is 16.0 Å². The Balaban J connectivity index is 1.70. The predicted octanol–water partition coefficient (Wildman–Crippen LogP) is 2.67. The Bertz CT molecular complexity index is 596. The lowest BCUT2D eigenvalue weighted by Crippen LogP contribution is -2.28. The van der Waals surface area contributed by atoms with Crippen LogP contribution < -0.4 is 11.1 Å². The van der Waals surface area contributed by atoms with E-state index in [1.54, 1.807) is 0 Å². The van der Waals surface area contributed by atoms with E-state index in [9.17, 15) is 4.79 Å². The predicted molar refractivity (Wildman–Crippen MR) is 77.0 cm³/mol. The highest BCUT2D eigenvalue weighted by Crippen LogP contribution is 2.24. The molecule has 1 aromatic carbocycles. The van der Waals surface area contributed by atoms with E-state index in [0.29, 0.717) is 17.3 Å². The quantitative estimate of drug-likeness (QED) is 0.740. The van der Waals surface area contributed by atoms with Crippen molar-refractivity contribution in [2.75, 3.05) is 12.3 Å². The fourth-order valence-electron chi connectivity index (χ4n) is 2.82. The van der Waals surface area contributed by atoms with Gasteiger partial charge in [-0.05, 0) is 43.0 Å². The molecule has 4 N–H and O–H groups in total. The summed E-state index contributed by atoms with van der Waals surface area (Å²) >= 11 is 0. The summed E-state index contributed by atoms with van der Waals surface area (Å²) < 4.78 is 0. The minimum Gasteiger partial charge on any atom is -0.399 e. The van der Waals surface area contributed by atoms with Gasteiger partial charge in [-0.3, -0.25) is 4.79 Å². The number of nitrogens with two attached hydrogens (primary N) is 1. The van der Waals surface area contributed by atoms with Crippen LogP contribution in [-0.4, -0.2) is 17.4 Å². The van der Waals surface area contributed by atoms with Crippen LogP contribution in [-0.2, 0) is 0 Å². The third-order valence-corrected chi connectivity index (χ3v) is 3.92. The zero-order valence-corrected chi connectivity index (χ0v) is 10.9. The molecule has 100 valence electrons. The van der Waals surface area contributed by atoms with Gasteiger partial charge in [0.1, 0.15) is 5.69 Å². The summed E-state index contributed by atoms with van der Waals surface area (Å²) in [5.41, 5.74) is 8.00. The van der Waals surface area contributed by atoms with Crippen molar-refractivity contribution in [3.63, 3.8) is 0 Å². The number of aromatic nitrogens is 1. The molecule has 1 aliphatic rings. The van der Waals surface area contributed by atoms with Crippen molar-refractivity contribution >= 4 is 22.5 Å². The number of nitrogens with one attached hydrogen (secondary N) is 2. The maximum Gasteiger partial charge on any atom is 0.267 e. The van der Waals surface area contributed by atoms with Gasteiger partial charge in [-0.2, -0.15) is 0 Å². The number of hydrogen-bond donors (Lipinski definition) is 3. The van der Waals surface area contributed by atoms with Gasteiger partial charge in [0.2, 0.25) is 0 Å². The van der Waals surface area contributed by atoms with Crippen LogP contribution in [0.25, 0.3) is 10.9 Å². The fourth-order valence-corrected chi connectivity index (χ4v) is 2.82. The van der Waals surface area contributed by atoms with Crippen LogP contribution in [0.1, 0.15) is 36.2 Å². The van der Waals surface area contributed by atoms with Crippen molar-refractivity contribution in [1.29, 1.82) is 0 Å². The number of rotatable bonds is 3. The number of hydrogen-bond acceptors (Lipinski definition) is 2. The first-order valence-corrected chi connectivity index (χ1v) is 6.89. The van der Waals surface area contributed by atoms with Gasteiger partial charge in [0.05, 0.1) is 0 Å². The number of fused-ring (bicyclic) bond motifs is 1. The Morgan fingerprint density at radius 2 is 2.11 bits per heavy atom. The molecule has 0 spiro atoms. The summed E-state index contributed by atoms with van der Waals surface area (Å²) in [5, 5.41) is 3.99. The Labute approximate surface area is 112 Å². The smallest absolute Gasteiger partial charge is 0.267 e. The molecule has 3 rings (SSSR count). The summed E-state index contributed by atoms with van der Waals surface area (Å²) in [6.07, 6.45) is 5.07. The van der Waals surface area contributed by atoms with Gasteiger partial charge in [0.25, 0.3) is 5.91 Å². The Kier molecular flexibility index (Phi) is 3.15. The summed E-state index contributed by atoms with van der Waals surface area (Å²) in [4.78, 5) is 15.2. The molecule has 1 aromatic heterocycles. The normalized spacial score (nSPS) is 16.0. The van der Waals surface area contributed by atoms with E-state index in [4.69, 9.17) is 5.73 Å². The summed E-state index contributed by atoms with van der Waals surface area (Å²) in [5.74, 6) is 0.630. The van der Waals surface area contributed by atoms with E-state index in [1.165, 1.54) is 25.7 Å². The van der Waals surface area contributed by atoms with Crippen molar-refractivity contribution < 1.29 is 4.79 Å². The highest BCUT2D eigenvalue weighted by atomic mass is 16.1. The van der Waals surface area contributed by atoms with Crippen LogP contribution in [0.5, 0.6) is 0 Å². The Hall–Kier alpha value is -1.97. The third-order valence-electron chi connectivity index (χ3n) is 3.92. The van der Waals surface area contributed by atoms with Gasteiger partial charge >= 0.3 is 0 Å². The van der Waals surface area contributed by atoms with Crippen LogP contribution in [0.2, 0.25) is 0 Å². The maximum atomic E-state index is 12.1. The first-order valence-electron chi connectivity index (χ1n) is 6.89. The number of nitrogen functional groups attached to an aromatic ring is 1. The number of amides is 1. The molecule has 0 bridgehead atoms. The second kappa shape index (κ2) is 4.96. The molecule has 19 heavy (non-hydrogen) atoms. The molecule has 0 saturated heterocycles. The summed E-state index contributed by atoms with van der Waals surface area (Å²) in [6, 6.07) is 7.47. The average Bonchev–Trinajstić information content (AvgIpc) is 3.04. The standard InChI is InChI=1S/C15H19N3O/c16-12-5-6-13-11(7-12)8-14(18-13)15(19)17-9-10-3-1-2-4-10/h5-8,10,18H,1-4,9,16H2,(H,17,19). The molecule has 1 fully saturated rings. The minimum atomic E-state index is -0.0262. The summed E-state index contributed by atoms with van der Waals surface area (Å²) in [7, 11) is 0. The number of H-pyrrole nitrogens is 1. The second-order valence-electron chi connectivity index (χ2n) is 5.39. The highest BCUT2D eigenvalue weighted by Gasteiger charge is 2.16. The number of carbonyl (C=O) groups excluding carboxylic acids is 1. The fraction of sp³-hybridized carbons (Fsp3) is 0.400. The van der Waals surface area contributed by atoms with Crippen molar-refractivity contribution in [3.8, 4) is 0 Å². The van der Waals surface area contributed by atoms with Crippen molar-refractivity contribution in [1.82, 2.24) is 10.3 Å². The first kappa shape index (κ1) is 12.1. The van der Waals surface area contributed by atoms with Crippen LogP contribution in [0, 0.1) is 5.92 Å². The zero-order valence-electron chi connectivity index (χ0n) is 10.9. The molecule has 4 heteroatoms. The van der Waals surface area contributed by atoms with E-state index < -0.39 is 0 Å². The van der Waals surface area contributed by atoms with E-state index in [1.807, 2.05) is 24.3 Å². The van der Waals surface area contributed by atoms with Crippen molar-refractivity contribution in [3.05, 3.63) is 30.0 Å². The van der Waals surface area contributed by atoms with Crippen LogP contribution in [0.3, 0.4) is 0 Å². The van der Waals surface area contributed by atoms with Crippen LogP contribution in [0.4, 0.5) is 5.69 Å². The molecule has 0 unspecified atom stereocenters. The van der Waals surface area contributed by atoms with E-state index in [0.717, 1.165) is 17.4 Å². The third kappa shape index (κ3) is 2.57. The highest BCUT2D eigenvalue weighted by molar-refractivity contribution is 5.98.